The van der Waals surface area contributed by atoms with E-state index in [0.29, 0.717) is 26.1 Å². The second-order valence-corrected chi connectivity index (χ2v) is 26.5. The number of benzene rings is 2. The number of hydroxylamine groups is 2. The summed E-state index contributed by atoms with van der Waals surface area (Å²) in [5.74, 6) is 1.31. The standard InChI is InChI=1S/C22H37NO5Si.C22H34O4Si.C2H3.BrH.Mg/c1-9-18(27-16-17-10-12-19(26-6)13-11-17)14-21(20(24)15-23(5)25)28-29(7,8)22(2,3)4;1-9-18(25-16-17-11-13-19(24-6)14-12-17)15-21(20(23)10-2)26-27(7,8)22(3,4)5;1-2;;/h9-13,18,21,25H,1,14-16H2,2-8H3;9-14,18,21H,1-2,15-16H2,3-8H3;1H,2H2;1H;/q;;-1;;+2/p-1/t2*18-,21+;;;/m11.../s1. The fourth-order valence-corrected chi connectivity index (χ4v) is 7.30. The van der Waals surface area contributed by atoms with E-state index in [-0.39, 0.29) is 80.4 Å². The van der Waals surface area contributed by atoms with Crippen LogP contribution in [0.4, 0.5) is 0 Å². The Labute approximate surface area is 391 Å². The molecule has 334 valence electrons. The summed E-state index contributed by atoms with van der Waals surface area (Å²) < 4.78 is 35.0. The van der Waals surface area contributed by atoms with Crippen molar-refractivity contribution in [2.75, 3.05) is 27.8 Å². The van der Waals surface area contributed by atoms with Crippen molar-refractivity contribution in [3.05, 3.63) is 111 Å². The molecule has 0 aliphatic rings. The van der Waals surface area contributed by atoms with E-state index in [9.17, 15) is 14.8 Å². The largest absolute Gasteiger partial charge is 2.00 e. The Balaban J connectivity index is -0.00000101. The second kappa shape index (κ2) is 30.0. The van der Waals surface area contributed by atoms with E-state index in [0.717, 1.165) is 27.7 Å². The van der Waals surface area contributed by atoms with E-state index in [1.165, 1.54) is 13.1 Å². The molecule has 0 amide bonds. The van der Waals surface area contributed by atoms with Gasteiger partial charge in [-0.25, -0.2) is 0 Å². The summed E-state index contributed by atoms with van der Waals surface area (Å²) >= 11 is 0. The van der Waals surface area contributed by atoms with Crippen molar-refractivity contribution in [1.82, 2.24) is 5.06 Å². The molecule has 0 unspecified atom stereocenters. The van der Waals surface area contributed by atoms with Gasteiger partial charge in [0.2, 0.25) is 0 Å². The predicted molar refractivity (Wildman–Crippen MR) is 247 cm³/mol. The van der Waals surface area contributed by atoms with E-state index in [2.05, 4.69) is 101 Å². The van der Waals surface area contributed by atoms with Crippen LogP contribution in [0.2, 0.25) is 36.3 Å². The number of nitrogens with zero attached hydrogens (tertiary/aromatic N) is 1. The van der Waals surface area contributed by atoms with Gasteiger partial charge < -0.3 is 56.6 Å². The summed E-state index contributed by atoms with van der Waals surface area (Å²) in [5.41, 5.74) is 2.03. The molecule has 14 heteroatoms. The van der Waals surface area contributed by atoms with Crippen molar-refractivity contribution >= 4 is 51.3 Å². The molecule has 60 heavy (non-hydrogen) atoms. The van der Waals surface area contributed by atoms with Crippen molar-refractivity contribution < 1.29 is 59.6 Å². The van der Waals surface area contributed by atoms with Crippen molar-refractivity contribution in [2.24, 2.45) is 0 Å². The van der Waals surface area contributed by atoms with E-state index in [1.54, 1.807) is 26.4 Å². The fraction of sp³-hybridized carbons (Fsp3) is 0.522. The van der Waals surface area contributed by atoms with Gasteiger partial charge in [0.1, 0.15) is 23.7 Å². The minimum absolute atomic E-state index is 0. The smallest absolute Gasteiger partial charge is 1.00 e. The second-order valence-electron chi connectivity index (χ2n) is 17.0. The Kier molecular flexibility index (Phi) is 31.0. The molecule has 0 aliphatic heterocycles. The van der Waals surface area contributed by atoms with Gasteiger partial charge in [-0.2, -0.15) is 5.06 Å². The molecule has 1 N–H and O–H groups in total. The van der Waals surface area contributed by atoms with Crippen LogP contribution in [0.1, 0.15) is 65.5 Å². The number of likely N-dealkylation sites (N-methyl/N-ethyl adjacent to an activating group) is 1. The first-order valence-electron chi connectivity index (χ1n) is 19.5. The predicted octanol–water partition coefficient (Wildman–Crippen LogP) is 6.97. The average Bonchev–Trinajstić information content (AvgIpc) is 3.16. The number of halogens is 1. The minimum Gasteiger partial charge on any atom is -1.00 e. The third-order valence-electron chi connectivity index (χ3n) is 10.4. The molecule has 0 saturated heterocycles. The fourth-order valence-electron chi connectivity index (χ4n) is 4.73. The number of ether oxygens (including phenoxy) is 4. The molecule has 10 nitrogen and oxygen atoms in total. The Morgan fingerprint density at radius 1 is 0.717 bits per heavy atom. The summed E-state index contributed by atoms with van der Waals surface area (Å²) in [4.78, 5) is 25.1. The van der Waals surface area contributed by atoms with Gasteiger partial charge in [0.25, 0.3) is 0 Å². The van der Waals surface area contributed by atoms with Crippen LogP contribution in [0.5, 0.6) is 11.5 Å². The number of rotatable bonds is 23. The Morgan fingerprint density at radius 2 is 1.05 bits per heavy atom. The van der Waals surface area contributed by atoms with Crippen LogP contribution < -0.4 is 26.5 Å². The topological polar surface area (TPSA) is 113 Å². The van der Waals surface area contributed by atoms with Gasteiger partial charge in [-0.1, -0.05) is 84.5 Å². The van der Waals surface area contributed by atoms with E-state index < -0.39 is 28.8 Å². The number of carbonyl (C=O) groups excluding carboxylic acids is 2. The third kappa shape index (κ3) is 22.7. The van der Waals surface area contributed by atoms with Gasteiger partial charge in [0, 0.05) is 19.9 Å². The zero-order valence-electron chi connectivity index (χ0n) is 38.8. The molecule has 0 bridgehead atoms. The van der Waals surface area contributed by atoms with Gasteiger partial charge in [-0.15, -0.1) is 13.2 Å². The molecular formula is C46H74BrMgNO9Si2. The molecule has 0 aliphatic carbocycles. The van der Waals surface area contributed by atoms with Crippen LogP contribution in [-0.2, 0) is 41.1 Å². The SMILES string of the molecule is C=CC(=O)[C@H](C[C@@H](C=C)OCc1ccc(OC)cc1)O[Si](C)(C)C(C)(C)C.C=C[C@H](C[C@H](O[Si](C)(C)C(C)(C)C)C(=O)CN(C)O)OCc1ccc(OC)cc1.[Br-].[CH-]=C.[Mg+2]. The molecule has 0 saturated carbocycles. The summed E-state index contributed by atoms with van der Waals surface area (Å²) in [6, 6.07) is 15.3. The number of hydrogen-bond acceptors (Lipinski definition) is 10. The van der Waals surface area contributed by atoms with Crippen LogP contribution in [0, 0.1) is 6.58 Å². The molecule has 0 fully saturated rings. The van der Waals surface area contributed by atoms with Crippen LogP contribution >= 0.6 is 0 Å². The third-order valence-corrected chi connectivity index (χ3v) is 19.4. The Hall–Kier alpha value is -2.22. The number of methoxy groups -OCH3 is 2. The van der Waals surface area contributed by atoms with Crippen LogP contribution in [0.25, 0.3) is 0 Å². The Morgan fingerprint density at radius 3 is 1.33 bits per heavy atom. The molecule has 2 rings (SSSR count). The molecule has 0 spiro atoms. The molecule has 4 atom stereocenters. The van der Waals surface area contributed by atoms with Gasteiger partial charge in [-0.3, -0.25) is 16.2 Å². The van der Waals surface area contributed by atoms with Crippen LogP contribution in [-0.4, -0.2) is 114 Å². The van der Waals surface area contributed by atoms with Crippen LogP contribution in [0.15, 0.2) is 93.1 Å². The Bertz CT molecular complexity index is 1540. The first-order valence-corrected chi connectivity index (χ1v) is 25.3. The zero-order valence-corrected chi connectivity index (χ0v) is 43.8. The molecule has 0 radical (unpaired) electrons. The van der Waals surface area contributed by atoms with E-state index >= 15 is 0 Å². The number of carbonyl (C=O) groups is 2. The summed E-state index contributed by atoms with van der Waals surface area (Å²) in [5, 5.41) is 10.4. The van der Waals surface area contributed by atoms with Crippen molar-refractivity contribution in [3.63, 3.8) is 0 Å². The molecule has 0 aromatic heterocycles. The van der Waals surface area contributed by atoms with E-state index in [4.69, 9.17) is 27.8 Å². The van der Waals surface area contributed by atoms with Crippen molar-refractivity contribution in [1.29, 1.82) is 0 Å². The zero-order chi connectivity index (χ0) is 44.9. The monoisotopic (exact) mass is 943 g/mol. The van der Waals surface area contributed by atoms with Gasteiger partial charge in [0.15, 0.2) is 28.2 Å². The van der Waals surface area contributed by atoms with Gasteiger partial charge in [0.05, 0.1) is 46.2 Å². The summed E-state index contributed by atoms with van der Waals surface area (Å²) in [7, 11) is 0.436. The number of Topliss-reactive ketones (excluding diaryl/α,β-unsaturated/α-hetero) is 1. The average molecular weight is 945 g/mol. The van der Waals surface area contributed by atoms with Crippen molar-refractivity contribution in [2.45, 2.75) is 128 Å². The maximum Gasteiger partial charge on any atom is 2.00 e. The molecular weight excluding hydrogens is 871 g/mol. The first-order chi connectivity index (χ1) is 26.9. The maximum absolute atomic E-state index is 12.7. The van der Waals surface area contributed by atoms with Gasteiger partial charge >= 0.3 is 23.1 Å². The number of hydrogen-bond donors (Lipinski definition) is 1. The normalized spacial score (nSPS) is 13.5. The van der Waals surface area contributed by atoms with Crippen LogP contribution in [0.3, 0.4) is 0 Å². The molecule has 2 aromatic rings. The van der Waals surface area contributed by atoms with Crippen molar-refractivity contribution in [3.8, 4) is 11.5 Å². The molecule has 2 aromatic carbocycles. The maximum atomic E-state index is 12.7. The van der Waals surface area contributed by atoms with Gasteiger partial charge in [-0.05, 0) is 77.7 Å². The summed E-state index contributed by atoms with van der Waals surface area (Å²) in [6.07, 6.45) is 3.68. The molecule has 0 heterocycles. The minimum atomic E-state index is -2.18. The summed E-state index contributed by atoms with van der Waals surface area (Å²) in [6.45, 7) is 40.4. The van der Waals surface area contributed by atoms with E-state index in [1.807, 2.05) is 48.5 Å². The first kappa shape index (κ1) is 62.1. The number of ketones is 2. The quantitative estimate of drug-likeness (QED) is 0.0413.